The van der Waals surface area contributed by atoms with Gasteiger partial charge in [0.05, 0.1) is 24.6 Å². The average molecular weight is 314 g/mol. The number of urea groups is 1. The van der Waals surface area contributed by atoms with Crippen LogP contribution in [0.5, 0.6) is 5.75 Å². The Morgan fingerprint density at radius 1 is 1.22 bits per heavy atom. The number of rotatable bonds is 3. The highest BCUT2D eigenvalue weighted by molar-refractivity contribution is 5.88. The molecule has 6 heteroatoms. The molecule has 2 aromatic rings. The van der Waals surface area contributed by atoms with Gasteiger partial charge in [-0.2, -0.15) is 0 Å². The van der Waals surface area contributed by atoms with E-state index in [2.05, 4.69) is 15.3 Å². The van der Waals surface area contributed by atoms with Crippen LogP contribution in [0.2, 0.25) is 0 Å². The van der Waals surface area contributed by atoms with Gasteiger partial charge in [0.2, 0.25) is 0 Å². The number of hydrogen-bond acceptors (Lipinski definition) is 4. The molecule has 0 unspecified atom stereocenters. The van der Waals surface area contributed by atoms with E-state index >= 15 is 0 Å². The van der Waals surface area contributed by atoms with Crippen molar-refractivity contribution in [1.82, 2.24) is 14.9 Å². The lowest BCUT2D eigenvalue weighted by Gasteiger charge is -2.19. The van der Waals surface area contributed by atoms with Crippen LogP contribution in [0.4, 0.5) is 10.5 Å². The van der Waals surface area contributed by atoms with E-state index in [1.165, 1.54) is 4.90 Å². The van der Waals surface area contributed by atoms with Crippen LogP contribution in [-0.4, -0.2) is 33.1 Å². The third-order valence-electron chi connectivity index (χ3n) is 3.32. The van der Waals surface area contributed by atoms with Crippen molar-refractivity contribution in [1.29, 1.82) is 0 Å². The zero-order valence-electron chi connectivity index (χ0n) is 13.9. The Kier molecular flexibility index (Phi) is 4.83. The number of phenolic OH excluding ortho intramolecular Hbond substituents is 1. The molecule has 0 saturated carbocycles. The van der Waals surface area contributed by atoms with Gasteiger partial charge in [0.1, 0.15) is 11.6 Å². The second-order valence-electron chi connectivity index (χ2n) is 6.46. The Morgan fingerprint density at radius 3 is 2.39 bits per heavy atom. The summed E-state index contributed by atoms with van der Waals surface area (Å²) in [5, 5.41) is 12.5. The smallest absolute Gasteiger partial charge is 0.321 e. The van der Waals surface area contributed by atoms with Crippen molar-refractivity contribution in [2.24, 2.45) is 0 Å². The predicted octanol–water partition coefficient (Wildman–Crippen LogP) is 3.14. The number of aromatic nitrogens is 2. The molecule has 6 nitrogen and oxygen atoms in total. The average Bonchev–Trinajstić information content (AvgIpc) is 2.49. The van der Waals surface area contributed by atoms with Crippen molar-refractivity contribution >= 4 is 11.7 Å². The molecule has 2 rings (SSSR count). The van der Waals surface area contributed by atoms with Crippen LogP contribution < -0.4 is 5.32 Å². The Morgan fingerprint density at radius 2 is 1.83 bits per heavy atom. The Bertz CT molecular complexity index is 678. The molecule has 0 atom stereocenters. The predicted molar refractivity (Wildman–Crippen MR) is 89.3 cm³/mol. The molecule has 0 aliphatic rings. The fourth-order valence-electron chi connectivity index (χ4n) is 1.97. The number of anilines is 1. The maximum atomic E-state index is 12.2. The molecule has 0 aliphatic carbocycles. The molecule has 0 radical (unpaired) electrons. The van der Waals surface area contributed by atoms with E-state index in [0.29, 0.717) is 17.8 Å². The van der Waals surface area contributed by atoms with Crippen molar-refractivity contribution in [2.75, 3.05) is 12.4 Å². The third-order valence-corrected chi connectivity index (χ3v) is 3.32. The minimum Gasteiger partial charge on any atom is -0.508 e. The number of carbonyl (C=O) groups excluding carboxylic acids is 1. The first-order valence-electron chi connectivity index (χ1n) is 7.39. The summed E-state index contributed by atoms with van der Waals surface area (Å²) in [6.45, 7) is 6.39. The van der Waals surface area contributed by atoms with Gasteiger partial charge < -0.3 is 15.3 Å². The number of phenols is 1. The Hall–Kier alpha value is -2.63. The maximum Gasteiger partial charge on any atom is 0.321 e. The first-order valence-corrected chi connectivity index (χ1v) is 7.39. The molecule has 0 fully saturated rings. The first kappa shape index (κ1) is 16.7. The van der Waals surface area contributed by atoms with E-state index in [-0.39, 0.29) is 17.2 Å². The molecular formula is C17H22N4O2. The van der Waals surface area contributed by atoms with Crippen molar-refractivity contribution in [2.45, 2.75) is 32.7 Å². The van der Waals surface area contributed by atoms with Crippen LogP contribution >= 0.6 is 0 Å². The number of amides is 2. The van der Waals surface area contributed by atoms with Crippen molar-refractivity contribution in [3.05, 3.63) is 48.0 Å². The van der Waals surface area contributed by atoms with E-state index in [1.54, 1.807) is 37.6 Å². The number of para-hydroxylation sites is 1. The van der Waals surface area contributed by atoms with Gasteiger partial charge in [0, 0.05) is 18.0 Å². The number of nitrogens with zero attached hydrogens (tertiary/aromatic N) is 3. The Balaban J connectivity index is 2.00. The second-order valence-corrected chi connectivity index (χ2v) is 6.46. The van der Waals surface area contributed by atoms with Crippen LogP contribution in [0, 0.1) is 0 Å². The van der Waals surface area contributed by atoms with Gasteiger partial charge in [-0.05, 0) is 6.07 Å². The largest absolute Gasteiger partial charge is 0.508 e. The molecule has 0 aliphatic heterocycles. The quantitative estimate of drug-likeness (QED) is 0.912. The van der Waals surface area contributed by atoms with E-state index in [4.69, 9.17) is 0 Å². The van der Waals surface area contributed by atoms with Crippen LogP contribution in [0.3, 0.4) is 0 Å². The van der Waals surface area contributed by atoms with Crippen LogP contribution in [0.15, 0.2) is 36.7 Å². The molecule has 0 bridgehead atoms. The number of nitrogens with one attached hydrogen (secondary N) is 1. The van der Waals surface area contributed by atoms with E-state index in [1.807, 2.05) is 26.8 Å². The standard InChI is InChI=1S/C17H22N4O2/c1-17(2,3)15-18-9-13(10-19-15)20-16(23)21(4)11-12-7-5-6-8-14(12)22/h5-10,22H,11H2,1-4H3,(H,20,23). The summed E-state index contributed by atoms with van der Waals surface area (Å²) < 4.78 is 0. The van der Waals surface area contributed by atoms with E-state index in [0.717, 1.165) is 5.82 Å². The number of aromatic hydroxyl groups is 1. The van der Waals surface area contributed by atoms with Gasteiger partial charge in [-0.15, -0.1) is 0 Å². The molecule has 1 aromatic carbocycles. The van der Waals surface area contributed by atoms with Gasteiger partial charge in [0.25, 0.3) is 0 Å². The van der Waals surface area contributed by atoms with Crippen LogP contribution in [-0.2, 0) is 12.0 Å². The highest BCUT2D eigenvalue weighted by Crippen LogP contribution is 2.19. The van der Waals surface area contributed by atoms with Gasteiger partial charge in [0.15, 0.2) is 0 Å². The van der Waals surface area contributed by atoms with Crippen molar-refractivity contribution < 1.29 is 9.90 Å². The maximum absolute atomic E-state index is 12.2. The topological polar surface area (TPSA) is 78.4 Å². The summed E-state index contributed by atoms with van der Waals surface area (Å²) in [7, 11) is 1.66. The summed E-state index contributed by atoms with van der Waals surface area (Å²) in [5.41, 5.74) is 1.08. The van der Waals surface area contributed by atoms with Crippen molar-refractivity contribution in [3.8, 4) is 5.75 Å². The summed E-state index contributed by atoms with van der Waals surface area (Å²) in [6, 6.07) is 6.65. The molecule has 1 aromatic heterocycles. The van der Waals surface area contributed by atoms with E-state index in [9.17, 15) is 9.90 Å². The monoisotopic (exact) mass is 314 g/mol. The summed E-state index contributed by atoms with van der Waals surface area (Å²) in [5.74, 6) is 0.892. The lowest BCUT2D eigenvalue weighted by Crippen LogP contribution is -2.31. The second kappa shape index (κ2) is 6.64. The van der Waals surface area contributed by atoms with Gasteiger partial charge in [-0.1, -0.05) is 39.0 Å². The highest BCUT2D eigenvalue weighted by Gasteiger charge is 2.17. The third kappa shape index (κ3) is 4.42. The molecular weight excluding hydrogens is 292 g/mol. The Labute approximate surface area is 136 Å². The van der Waals surface area contributed by atoms with Crippen LogP contribution in [0.25, 0.3) is 0 Å². The SMILES string of the molecule is CN(Cc1ccccc1O)C(=O)Nc1cnc(C(C)(C)C)nc1. The summed E-state index contributed by atoms with van der Waals surface area (Å²) in [4.78, 5) is 22.2. The molecule has 122 valence electrons. The fourth-order valence-corrected chi connectivity index (χ4v) is 1.97. The molecule has 0 spiro atoms. The molecule has 2 amide bonds. The zero-order valence-corrected chi connectivity index (χ0v) is 13.9. The lowest BCUT2D eigenvalue weighted by atomic mass is 9.96. The molecule has 23 heavy (non-hydrogen) atoms. The number of hydrogen-bond donors (Lipinski definition) is 2. The lowest BCUT2D eigenvalue weighted by molar-refractivity contribution is 0.220. The highest BCUT2D eigenvalue weighted by atomic mass is 16.3. The molecule has 2 N–H and O–H groups in total. The van der Waals surface area contributed by atoms with E-state index < -0.39 is 0 Å². The van der Waals surface area contributed by atoms with Gasteiger partial charge in [-0.3, -0.25) is 0 Å². The number of benzene rings is 1. The van der Waals surface area contributed by atoms with Gasteiger partial charge in [-0.25, -0.2) is 14.8 Å². The normalized spacial score (nSPS) is 11.1. The van der Waals surface area contributed by atoms with Crippen LogP contribution in [0.1, 0.15) is 32.2 Å². The minimum atomic E-state index is -0.291. The molecule has 0 saturated heterocycles. The first-order chi connectivity index (χ1) is 10.8. The summed E-state index contributed by atoms with van der Waals surface area (Å²) in [6.07, 6.45) is 3.19. The summed E-state index contributed by atoms with van der Waals surface area (Å²) >= 11 is 0. The fraction of sp³-hybridized carbons (Fsp3) is 0.353. The van der Waals surface area contributed by atoms with Crippen molar-refractivity contribution in [3.63, 3.8) is 0 Å². The van der Waals surface area contributed by atoms with Gasteiger partial charge >= 0.3 is 6.03 Å². The minimum absolute atomic E-state index is 0.135. The zero-order chi connectivity index (χ0) is 17.0. The number of carbonyl (C=O) groups is 1. The molecule has 1 heterocycles.